The number of hydrogen-bond acceptors (Lipinski definition) is 5. The van der Waals surface area contributed by atoms with Gasteiger partial charge in [-0.25, -0.2) is 0 Å². The summed E-state index contributed by atoms with van der Waals surface area (Å²) in [6.07, 6.45) is 0. The molecule has 0 saturated carbocycles. The number of rotatable bonds is 3. The van der Waals surface area contributed by atoms with Crippen molar-refractivity contribution in [1.82, 2.24) is 15.0 Å². The van der Waals surface area contributed by atoms with E-state index in [1.807, 2.05) is 25.1 Å². The molecule has 1 fully saturated rings. The molecule has 0 aliphatic carbocycles. The molecule has 6 heteroatoms. The Bertz CT molecular complexity index is 578. The maximum absolute atomic E-state index is 6.04. The summed E-state index contributed by atoms with van der Waals surface area (Å²) < 4.78 is 5.00. The highest BCUT2D eigenvalue weighted by Crippen LogP contribution is 2.21. The Morgan fingerprint density at radius 2 is 2.05 bits per heavy atom. The van der Waals surface area contributed by atoms with Gasteiger partial charge in [0, 0.05) is 43.8 Å². The first-order valence-corrected chi connectivity index (χ1v) is 7.10. The van der Waals surface area contributed by atoms with Gasteiger partial charge < -0.3 is 9.42 Å². The van der Waals surface area contributed by atoms with Gasteiger partial charge >= 0.3 is 0 Å². The fourth-order valence-electron chi connectivity index (χ4n) is 2.44. The minimum absolute atomic E-state index is 0.623. The number of benzene rings is 1. The summed E-state index contributed by atoms with van der Waals surface area (Å²) in [5.41, 5.74) is 1.19. The molecule has 0 atom stereocenters. The molecule has 1 aromatic heterocycles. The Morgan fingerprint density at radius 3 is 2.70 bits per heavy atom. The summed E-state index contributed by atoms with van der Waals surface area (Å²) in [7, 11) is 0. The van der Waals surface area contributed by atoms with Crippen LogP contribution in [0.25, 0.3) is 0 Å². The molecule has 1 aliphatic rings. The van der Waals surface area contributed by atoms with Gasteiger partial charge in [-0.05, 0) is 18.2 Å². The van der Waals surface area contributed by atoms with E-state index in [1.165, 1.54) is 5.69 Å². The van der Waals surface area contributed by atoms with Crippen molar-refractivity contribution in [3.63, 3.8) is 0 Å². The lowest BCUT2D eigenvalue weighted by Crippen LogP contribution is -2.46. The van der Waals surface area contributed by atoms with E-state index in [9.17, 15) is 0 Å². The molecule has 2 aromatic rings. The molecule has 0 bridgehead atoms. The second-order valence-corrected chi connectivity index (χ2v) is 5.41. The molecule has 0 unspecified atom stereocenters. The van der Waals surface area contributed by atoms with E-state index in [1.54, 1.807) is 0 Å². The van der Waals surface area contributed by atoms with E-state index < -0.39 is 0 Å². The number of aryl methyl sites for hydroxylation is 1. The zero-order valence-electron chi connectivity index (χ0n) is 11.4. The van der Waals surface area contributed by atoms with Gasteiger partial charge in [0.2, 0.25) is 5.89 Å². The Morgan fingerprint density at radius 1 is 1.25 bits per heavy atom. The summed E-state index contributed by atoms with van der Waals surface area (Å²) in [5, 5.41) is 4.72. The molecule has 20 heavy (non-hydrogen) atoms. The Hall–Kier alpha value is -1.59. The predicted octanol–water partition coefficient (Wildman–Crippen LogP) is 2.35. The zero-order valence-corrected chi connectivity index (χ0v) is 12.2. The molecule has 1 saturated heterocycles. The molecule has 5 nitrogen and oxygen atoms in total. The SMILES string of the molecule is Cc1nc(CN2CCN(c3cccc(Cl)c3)CC2)no1. The molecule has 2 heterocycles. The number of hydrogen-bond donors (Lipinski definition) is 0. The van der Waals surface area contributed by atoms with E-state index in [2.05, 4.69) is 26.0 Å². The molecular weight excluding hydrogens is 276 g/mol. The second-order valence-electron chi connectivity index (χ2n) is 4.97. The minimum atomic E-state index is 0.623. The second kappa shape index (κ2) is 5.81. The van der Waals surface area contributed by atoms with Gasteiger partial charge in [0.25, 0.3) is 0 Å². The first kappa shape index (κ1) is 13.4. The van der Waals surface area contributed by atoms with Gasteiger partial charge in [-0.15, -0.1) is 0 Å². The maximum atomic E-state index is 6.04. The smallest absolute Gasteiger partial charge is 0.223 e. The fourth-order valence-corrected chi connectivity index (χ4v) is 2.63. The largest absolute Gasteiger partial charge is 0.369 e. The minimum Gasteiger partial charge on any atom is -0.369 e. The monoisotopic (exact) mass is 292 g/mol. The van der Waals surface area contributed by atoms with Crippen LogP contribution in [0, 0.1) is 6.92 Å². The van der Waals surface area contributed by atoms with Crippen LogP contribution in [0.2, 0.25) is 5.02 Å². The summed E-state index contributed by atoms with van der Waals surface area (Å²) in [5.74, 6) is 1.39. The Balaban J connectivity index is 1.57. The van der Waals surface area contributed by atoms with Gasteiger partial charge in [0.05, 0.1) is 6.54 Å². The van der Waals surface area contributed by atoms with Gasteiger partial charge in [-0.2, -0.15) is 4.98 Å². The van der Waals surface area contributed by atoms with E-state index in [4.69, 9.17) is 16.1 Å². The van der Waals surface area contributed by atoms with Crippen LogP contribution < -0.4 is 4.90 Å². The average molecular weight is 293 g/mol. The van der Waals surface area contributed by atoms with Crippen LogP contribution in [-0.4, -0.2) is 41.2 Å². The van der Waals surface area contributed by atoms with E-state index in [0.29, 0.717) is 5.89 Å². The van der Waals surface area contributed by atoms with Crippen LogP contribution in [-0.2, 0) is 6.54 Å². The third-order valence-electron chi connectivity index (χ3n) is 3.48. The number of nitrogens with zero attached hydrogens (tertiary/aromatic N) is 4. The number of halogens is 1. The maximum Gasteiger partial charge on any atom is 0.223 e. The van der Waals surface area contributed by atoms with Crippen molar-refractivity contribution in [3.8, 4) is 0 Å². The Labute approximate surface area is 123 Å². The molecule has 0 N–H and O–H groups in total. The van der Waals surface area contributed by atoms with Gasteiger partial charge in [-0.3, -0.25) is 4.90 Å². The van der Waals surface area contributed by atoms with Crippen molar-refractivity contribution in [3.05, 3.63) is 41.0 Å². The molecule has 106 valence electrons. The zero-order chi connectivity index (χ0) is 13.9. The first-order valence-electron chi connectivity index (χ1n) is 6.73. The summed E-state index contributed by atoms with van der Waals surface area (Å²) in [6, 6.07) is 8.01. The highest BCUT2D eigenvalue weighted by molar-refractivity contribution is 6.30. The quantitative estimate of drug-likeness (QED) is 0.869. The molecule has 1 aromatic carbocycles. The van der Waals surface area contributed by atoms with Crippen molar-refractivity contribution in [2.45, 2.75) is 13.5 Å². The van der Waals surface area contributed by atoms with Gasteiger partial charge in [-0.1, -0.05) is 22.8 Å². The lowest BCUT2D eigenvalue weighted by Gasteiger charge is -2.35. The normalized spacial score (nSPS) is 16.6. The van der Waals surface area contributed by atoms with Crippen molar-refractivity contribution in [2.24, 2.45) is 0 Å². The third-order valence-corrected chi connectivity index (χ3v) is 3.72. The van der Waals surface area contributed by atoms with E-state index >= 15 is 0 Å². The van der Waals surface area contributed by atoms with Crippen LogP contribution in [0.4, 0.5) is 5.69 Å². The average Bonchev–Trinajstić information content (AvgIpc) is 2.85. The predicted molar refractivity (Wildman–Crippen MR) is 78.0 cm³/mol. The molecular formula is C14H17ClN4O. The van der Waals surface area contributed by atoms with Crippen molar-refractivity contribution < 1.29 is 4.52 Å². The number of piperazine rings is 1. The number of aromatic nitrogens is 2. The van der Waals surface area contributed by atoms with Crippen LogP contribution in [0.3, 0.4) is 0 Å². The summed E-state index contributed by atoms with van der Waals surface area (Å²) >= 11 is 6.04. The molecule has 0 amide bonds. The molecule has 0 spiro atoms. The standard InChI is InChI=1S/C14H17ClN4O/c1-11-16-14(17-20-11)10-18-5-7-19(8-6-18)13-4-2-3-12(15)9-13/h2-4,9H,5-8,10H2,1H3. The van der Waals surface area contributed by atoms with Gasteiger partial charge in [0.1, 0.15) is 0 Å². The highest BCUT2D eigenvalue weighted by Gasteiger charge is 2.18. The summed E-state index contributed by atoms with van der Waals surface area (Å²) in [4.78, 5) is 8.93. The van der Waals surface area contributed by atoms with E-state index in [0.717, 1.165) is 43.6 Å². The Kier molecular flexibility index (Phi) is 3.89. The third kappa shape index (κ3) is 3.11. The van der Waals surface area contributed by atoms with E-state index in [-0.39, 0.29) is 0 Å². The van der Waals surface area contributed by atoms with Crippen molar-refractivity contribution in [2.75, 3.05) is 31.1 Å². The van der Waals surface area contributed by atoms with Crippen LogP contribution >= 0.6 is 11.6 Å². The highest BCUT2D eigenvalue weighted by atomic mass is 35.5. The molecule has 3 rings (SSSR count). The fraction of sp³-hybridized carbons (Fsp3) is 0.429. The van der Waals surface area contributed by atoms with Gasteiger partial charge in [0.15, 0.2) is 5.82 Å². The first-order chi connectivity index (χ1) is 9.70. The van der Waals surface area contributed by atoms with Crippen LogP contribution in [0.5, 0.6) is 0 Å². The van der Waals surface area contributed by atoms with Crippen LogP contribution in [0.15, 0.2) is 28.8 Å². The topological polar surface area (TPSA) is 45.4 Å². The van der Waals surface area contributed by atoms with Crippen LogP contribution in [0.1, 0.15) is 11.7 Å². The summed E-state index contributed by atoms with van der Waals surface area (Å²) in [6.45, 7) is 6.50. The molecule has 1 aliphatic heterocycles. The number of anilines is 1. The molecule has 0 radical (unpaired) electrons. The lowest BCUT2D eigenvalue weighted by atomic mass is 10.2. The van der Waals surface area contributed by atoms with Crippen molar-refractivity contribution in [1.29, 1.82) is 0 Å². The van der Waals surface area contributed by atoms with Crippen molar-refractivity contribution >= 4 is 17.3 Å². The lowest BCUT2D eigenvalue weighted by molar-refractivity contribution is 0.240.